The standard InChI is InChI=1S/C18H28N6O3/c25-16(14-3-9-26-10-4-14)19-13-15-20-17(23-5-1-2-6-23)22-18(21-15)24-7-11-27-12-8-24/h14H,1-13H2,(H,19,25). The van der Waals surface area contributed by atoms with E-state index in [-0.39, 0.29) is 11.8 Å². The Bertz CT molecular complexity index is 640. The zero-order valence-electron chi connectivity index (χ0n) is 15.7. The molecule has 0 bridgehead atoms. The maximum Gasteiger partial charge on any atom is 0.230 e. The van der Waals surface area contributed by atoms with Gasteiger partial charge in [-0.05, 0) is 25.7 Å². The summed E-state index contributed by atoms with van der Waals surface area (Å²) in [7, 11) is 0. The van der Waals surface area contributed by atoms with Crippen molar-refractivity contribution in [1.29, 1.82) is 0 Å². The van der Waals surface area contributed by atoms with Crippen LogP contribution in [0, 0.1) is 5.92 Å². The first kappa shape index (κ1) is 18.4. The number of carbonyl (C=O) groups excluding carboxylic acids is 1. The topological polar surface area (TPSA) is 92.7 Å². The fraction of sp³-hybridized carbons (Fsp3) is 0.778. The molecule has 0 radical (unpaired) electrons. The number of aromatic nitrogens is 3. The Labute approximate surface area is 159 Å². The van der Waals surface area contributed by atoms with E-state index >= 15 is 0 Å². The van der Waals surface area contributed by atoms with Gasteiger partial charge >= 0.3 is 0 Å². The van der Waals surface area contributed by atoms with Crippen LogP contribution in [0.25, 0.3) is 0 Å². The molecular weight excluding hydrogens is 348 g/mol. The number of rotatable bonds is 5. The zero-order valence-corrected chi connectivity index (χ0v) is 15.7. The second-order valence-electron chi connectivity index (χ2n) is 7.25. The van der Waals surface area contributed by atoms with Gasteiger partial charge in [0.05, 0.1) is 19.8 Å². The van der Waals surface area contributed by atoms with Crippen LogP contribution >= 0.6 is 0 Å². The van der Waals surface area contributed by atoms with Gasteiger partial charge < -0.3 is 24.6 Å². The lowest BCUT2D eigenvalue weighted by atomic mass is 9.99. The van der Waals surface area contributed by atoms with E-state index in [0.717, 1.165) is 57.8 Å². The summed E-state index contributed by atoms with van der Waals surface area (Å²) >= 11 is 0. The molecule has 0 unspecified atom stereocenters. The second kappa shape index (κ2) is 8.79. The molecule has 3 aliphatic rings. The maximum absolute atomic E-state index is 12.4. The summed E-state index contributed by atoms with van der Waals surface area (Å²) in [6, 6.07) is 0. The Morgan fingerprint density at radius 3 is 2.15 bits per heavy atom. The van der Waals surface area contributed by atoms with Gasteiger partial charge in [-0.1, -0.05) is 0 Å². The van der Waals surface area contributed by atoms with Crippen molar-refractivity contribution >= 4 is 17.8 Å². The molecule has 1 aromatic rings. The number of carbonyl (C=O) groups is 1. The van der Waals surface area contributed by atoms with Crippen LogP contribution in [0.3, 0.4) is 0 Å². The number of nitrogens with zero attached hydrogens (tertiary/aromatic N) is 5. The molecule has 0 aliphatic carbocycles. The molecule has 4 heterocycles. The van der Waals surface area contributed by atoms with E-state index in [4.69, 9.17) is 14.5 Å². The van der Waals surface area contributed by atoms with Crippen molar-refractivity contribution in [2.45, 2.75) is 32.2 Å². The van der Waals surface area contributed by atoms with Crippen LogP contribution in [0.5, 0.6) is 0 Å². The summed E-state index contributed by atoms with van der Waals surface area (Å²) in [4.78, 5) is 30.7. The van der Waals surface area contributed by atoms with Gasteiger partial charge in [0.1, 0.15) is 0 Å². The molecule has 0 aromatic carbocycles. The van der Waals surface area contributed by atoms with Crippen molar-refractivity contribution in [2.75, 3.05) is 62.4 Å². The molecule has 3 aliphatic heterocycles. The number of ether oxygens (including phenoxy) is 2. The summed E-state index contributed by atoms with van der Waals surface area (Å²) in [6.07, 6.45) is 3.88. The summed E-state index contributed by atoms with van der Waals surface area (Å²) in [5, 5.41) is 3.01. The largest absolute Gasteiger partial charge is 0.381 e. The summed E-state index contributed by atoms with van der Waals surface area (Å²) < 4.78 is 10.8. The Morgan fingerprint density at radius 2 is 1.48 bits per heavy atom. The minimum Gasteiger partial charge on any atom is -0.381 e. The molecule has 27 heavy (non-hydrogen) atoms. The molecule has 1 aromatic heterocycles. The van der Waals surface area contributed by atoms with Gasteiger partial charge in [-0.25, -0.2) is 0 Å². The molecule has 9 heteroatoms. The van der Waals surface area contributed by atoms with Gasteiger partial charge in [0.2, 0.25) is 17.8 Å². The normalized spacial score (nSPS) is 21.5. The van der Waals surface area contributed by atoms with Crippen LogP contribution < -0.4 is 15.1 Å². The van der Waals surface area contributed by atoms with Crippen LogP contribution in [-0.4, -0.2) is 73.5 Å². The number of amides is 1. The lowest BCUT2D eigenvalue weighted by Gasteiger charge is -2.28. The predicted molar refractivity (Wildman–Crippen MR) is 99.7 cm³/mol. The maximum atomic E-state index is 12.4. The number of anilines is 2. The van der Waals surface area contributed by atoms with Gasteiger partial charge in [-0.15, -0.1) is 0 Å². The molecule has 1 amide bonds. The Hall–Kier alpha value is -2.00. The van der Waals surface area contributed by atoms with Gasteiger partial charge in [-0.3, -0.25) is 4.79 Å². The van der Waals surface area contributed by atoms with Crippen LogP contribution in [0.15, 0.2) is 0 Å². The zero-order chi connectivity index (χ0) is 18.5. The van der Waals surface area contributed by atoms with Crippen molar-refractivity contribution < 1.29 is 14.3 Å². The van der Waals surface area contributed by atoms with E-state index in [2.05, 4.69) is 25.1 Å². The third-order valence-corrected chi connectivity index (χ3v) is 5.35. The van der Waals surface area contributed by atoms with E-state index in [9.17, 15) is 4.79 Å². The predicted octanol–water partition coefficient (Wildman–Crippen LogP) is 0.351. The minimum absolute atomic E-state index is 0.0253. The van der Waals surface area contributed by atoms with Gasteiger partial charge in [0, 0.05) is 45.3 Å². The van der Waals surface area contributed by atoms with Crippen molar-refractivity contribution in [1.82, 2.24) is 20.3 Å². The van der Waals surface area contributed by atoms with Crippen molar-refractivity contribution in [3.63, 3.8) is 0 Å². The summed E-state index contributed by atoms with van der Waals surface area (Å²) in [5.41, 5.74) is 0. The summed E-state index contributed by atoms with van der Waals surface area (Å²) in [6.45, 7) is 6.50. The van der Waals surface area contributed by atoms with Gasteiger partial charge in [0.25, 0.3) is 0 Å². The van der Waals surface area contributed by atoms with E-state index in [1.165, 1.54) is 0 Å². The SMILES string of the molecule is O=C(NCc1nc(N2CCCC2)nc(N2CCOCC2)n1)C1CCOCC1. The monoisotopic (exact) mass is 376 g/mol. The highest BCUT2D eigenvalue weighted by molar-refractivity contribution is 5.78. The molecule has 9 nitrogen and oxygen atoms in total. The first-order valence-electron chi connectivity index (χ1n) is 9.97. The first-order valence-corrected chi connectivity index (χ1v) is 9.97. The highest BCUT2D eigenvalue weighted by atomic mass is 16.5. The average molecular weight is 376 g/mol. The van der Waals surface area contributed by atoms with E-state index < -0.39 is 0 Å². The molecule has 4 rings (SSSR count). The van der Waals surface area contributed by atoms with Crippen molar-refractivity contribution in [3.05, 3.63) is 5.82 Å². The molecule has 0 atom stereocenters. The van der Waals surface area contributed by atoms with Crippen LogP contribution in [0.1, 0.15) is 31.5 Å². The number of nitrogens with one attached hydrogen (secondary N) is 1. The van der Waals surface area contributed by atoms with E-state index in [0.29, 0.717) is 44.7 Å². The van der Waals surface area contributed by atoms with Gasteiger partial charge in [-0.2, -0.15) is 15.0 Å². The minimum atomic E-state index is 0.0253. The van der Waals surface area contributed by atoms with E-state index in [1.807, 2.05) is 0 Å². The average Bonchev–Trinajstić information content (AvgIpc) is 3.28. The fourth-order valence-corrected chi connectivity index (χ4v) is 3.71. The lowest BCUT2D eigenvalue weighted by Crippen LogP contribution is -2.38. The van der Waals surface area contributed by atoms with Crippen LogP contribution in [0.4, 0.5) is 11.9 Å². The lowest BCUT2D eigenvalue weighted by molar-refractivity contribution is -0.128. The first-order chi connectivity index (χ1) is 13.3. The van der Waals surface area contributed by atoms with Gasteiger partial charge in [0.15, 0.2) is 5.82 Å². The third kappa shape index (κ3) is 4.65. The molecule has 3 saturated heterocycles. The highest BCUT2D eigenvalue weighted by Gasteiger charge is 2.23. The Balaban J connectivity index is 1.47. The number of hydrogen-bond donors (Lipinski definition) is 1. The van der Waals surface area contributed by atoms with Crippen molar-refractivity contribution in [3.8, 4) is 0 Å². The molecule has 1 N–H and O–H groups in total. The Morgan fingerprint density at radius 1 is 0.889 bits per heavy atom. The molecule has 3 fully saturated rings. The van der Waals surface area contributed by atoms with Crippen LogP contribution in [-0.2, 0) is 20.8 Å². The van der Waals surface area contributed by atoms with Crippen molar-refractivity contribution in [2.24, 2.45) is 5.92 Å². The third-order valence-electron chi connectivity index (χ3n) is 5.35. The molecule has 148 valence electrons. The van der Waals surface area contributed by atoms with E-state index in [1.54, 1.807) is 0 Å². The fourth-order valence-electron chi connectivity index (χ4n) is 3.71. The highest BCUT2D eigenvalue weighted by Crippen LogP contribution is 2.20. The second-order valence-corrected chi connectivity index (χ2v) is 7.25. The number of morpholine rings is 1. The summed E-state index contributed by atoms with van der Waals surface area (Å²) in [5.74, 6) is 2.12. The molecule has 0 saturated carbocycles. The smallest absolute Gasteiger partial charge is 0.230 e. The molecular formula is C18H28N6O3. The number of hydrogen-bond acceptors (Lipinski definition) is 8. The molecule has 0 spiro atoms. The Kier molecular flexibility index (Phi) is 5.98. The van der Waals surface area contributed by atoms with Crippen LogP contribution in [0.2, 0.25) is 0 Å². The quantitative estimate of drug-likeness (QED) is 0.787.